The maximum atomic E-state index is 13.8. The largest absolute Gasteiger partial charge is 0.353 e. The first kappa shape index (κ1) is 14.0. The second-order valence-electron chi connectivity index (χ2n) is 6.93. The third-order valence-corrected chi connectivity index (χ3v) is 5.61. The van der Waals surface area contributed by atoms with Crippen LogP contribution in [0.25, 0.3) is 0 Å². The lowest BCUT2D eigenvalue weighted by Gasteiger charge is -2.22. The van der Waals surface area contributed by atoms with E-state index >= 15 is 0 Å². The SMILES string of the molecule is O=C(C1CCN(c2ncccc2F)C1)N1CC2CCCC2C1. The molecule has 22 heavy (non-hydrogen) atoms. The van der Waals surface area contributed by atoms with E-state index in [1.165, 1.54) is 25.3 Å². The zero-order valence-corrected chi connectivity index (χ0v) is 12.7. The number of fused-ring (bicyclic) bond motifs is 1. The van der Waals surface area contributed by atoms with Crippen molar-refractivity contribution in [1.82, 2.24) is 9.88 Å². The molecule has 1 aromatic rings. The average Bonchev–Trinajstić information content (AvgIpc) is 3.22. The van der Waals surface area contributed by atoms with Crippen molar-refractivity contribution in [3.05, 3.63) is 24.1 Å². The Labute approximate surface area is 130 Å². The fraction of sp³-hybridized carbons (Fsp3) is 0.647. The standard InChI is InChI=1S/C17H22FN3O/c18-15-5-2-7-19-16(15)20-8-6-14(11-20)17(22)21-9-12-3-1-4-13(12)10-21/h2,5,7,12-14H,1,3-4,6,8-11H2. The Balaban J connectivity index is 1.40. The molecule has 2 aliphatic heterocycles. The number of hydrogen-bond donors (Lipinski definition) is 0. The zero-order chi connectivity index (χ0) is 15.1. The number of halogens is 1. The van der Waals surface area contributed by atoms with Crippen molar-refractivity contribution < 1.29 is 9.18 Å². The van der Waals surface area contributed by atoms with Gasteiger partial charge < -0.3 is 9.80 Å². The van der Waals surface area contributed by atoms with E-state index in [2.05, 4.69) is 9.88 Å². The Bertz CT molecular complexity index is 567. The van der Waals surface area contributed by atoms with E-state index in [9.17, 15) is 9.18 Å². The van der Waals surface area contributed by atoms with Crippen LogP contribution in [0.4, 0.5) is 10.2 Å². The fourth-order valence-electron chi connectivity index (χ4n) is 4.44. The molecule has 5 heteroatoms. The molecule has 3 fully saturated rings. The molecular formula is C17H22FN3O. The van der Waals surface area contributed by atoms with Crippen molar-refractivity contribution in [2.24, 2.45) is 17.8 Å². The van der Waals surface area contributed by atoms with Crippen LogP contribution >= 0.6 is 0 Å². The van der Waals surface area contributed by atoms with Gasteiger partial charge in [0.05, 0.1) is 5.92 Å². The van der Waals surface area contributed by atoms with Gasteiger partial charge in [-0.05, 0) is 43.2 Å². The first-order chi connectivity index (χ1) is 10.7. The normalized spacial score (nSPS) is 30.9. The molecule has 4 rings (SSSR count). The molecule has 3 atom stereocenters. The lowest BCUT2D eigenvalue weighted by Crippen LogP contribution is -2.36. The number of nitrogens with zero attached hydrogens (tertiary/aromatic N) is 3. The highest BCUT2D eigenvalue weighted by atomic mass is 19.1. The van der Waals surface area contributed by atoms with Crippen molar-refractivity contribution in [2.75, 3.05) is 31.1 Å². The van der Waals surface area contributed by atoms with Crippen molar-refractivity contribution in [2.45, 2.75) is 25.7 Å². The van der Waals surface area contributed by atoms with Gasteiger partial charge in [0.25, 0.3) is 0 Å². The smallest absolute Gasteiger partial charge is 0.227 e. The minimum Gasteiger partial charge on any atom is -0.353 e. The number of likely N-dealkylation sites (tertiary alicyclic amines) is 1. The molecule has 0 radical (unpaired) electrons. The van der Waals surface area contributed by atoms with Gasteiger partial charge in [0.1, 0.15) is 0 Å². The lowest BCUT2D eigenvalue weighted by atomic mass is 10.0. The number of rotatable bonds is 2. The summed E-state index contributed by atoms with van der Waals surface area (Å²) in [7, 11) is 0. The van der Waals surface area contributed by atoms with Crippen molar-refractivity contribution in [3.63, 3.8) is 0 Å². The Morgan fingerprint density at radius 2 is 1.95 bits per heavy atom. The molecule has 3 aliphatic rings. The molecule has 0 N–H and O–H groups in total. The number of carbonyl (C=O) groups is 1. The van der Waals surface area contributed by atoms with E-state index in [0.717, 1.165) is 31.3 Å². The topological polar surface area (TPSA) is 36.4 Å². The van der Waals surface area contributed by atoms with E-state index < -0.39 is 0 Å². The third kappa shape index (κ3) is 2.36. The van der Waals surface area contributed by atoms with Crippen LogP contribution < -0.4 is 4.90 Å². The van der Waals surface area contributed by atoms with Gasteiger partial charge in [0.15, 0.2) is 11.6 Å². The molecule has 1 aliphatic carbocycles. The van der Waals surface area contributed by atoms with Gasteiger partial charge in [-0.1, -0.05) is 6.42 Å². The second-order valence-corrected chi connectivity index (χ2v) is 6.93. The monoisotopic (exact) mass is 303 g/mol. The highest BCUT2D eigenvalue weighted by molar-refractivity contribution is 5.80. The number of carbonyl (C=O) groups excluding carboxylic acids is 1. The van der Waals surface area contributed by atoms with Gasteiger partial charge in [-0.15, -0.1) is 0 Å². The van der Waals surface area contributed by atoms with Gasteiger partial charge in [-0.25, -0.2) is 9.37 Å². The molecule has 3 unspecified atom stereocenters. The summed E-state index contributed by atoms with van der Waals surface area (Å²) in [6.07, 6.45) is 6.30. The summed E-state index contributed by atoms with van der Waals surface area (Å²) < 4.78 is 13.8. The van der Waals surface area contributed by atoms with Crippen LogP contribution in [0.15, 0.2) is 18.3 Å². The lowest BCUT2D eigenvalue weighted by molar-refractivity contribution is -0.134. The molecule has 2 saturated heterocycles. The number of amides is 1. The van der Waals surface area contributed by atoms with Crippen molar-refractivity contribution >= 4 is 11.7 Å². The minimum atomic E-state index is -0.300. The second kappa shape index (κ2) is 5.52. The molecule has 118 valence electrons. The van der Waals surface area contributed by atoms with Crippen LogP contribution in [0, 0.1) is 23.6 Å². The predicted octanol–water partition coefficient (Wildman–Crippen LogP) is 2.31. The van der Waals surface area contributed by atoms with E-state index in [4.69, 9.17) is 0 Å². The molecule has 1 saturated carbocycles. The maximum Gasteiger partial charge on any atom is 0.227 e. The van der Waals surface area contributed by atoms with Crippen molar-refractivity contribution in [3.8, 4) is 0 Å². The quantitative estimate of drug-likeness (QED) is 0.841. The van der Waals surface area contributed by atoms with Crippen LogP contribution in [0.1, 0.15) is 25.7 Å². The fourth-order valence-corrected chi connectivity index (χ4v) is 4.44. The maximum absolute atomic E-state index is 13.8. The van der Waals surface area contributed by atoms with Crippen LogP contribution in [0.3, 0.4) is 0 Å². The summed E-state index contributed by atoms with van der Waals surface area (Å²) in [5.41, 5.74) is 0. The van der Waals surface area contributed by atoms with Crippen LogP contribution in [-0.4, -0.2) is 42.0 Å². The number of hydrogen-bond acceptors (Lipinski definition) is 3. The molecule has 4 nitrogen and oxygen atoms in total. The minimum absolute atomic E-state index is 0.000215. The Hall–Kier alpha value is -1.65. The molecule has 0 spiro atoms. The predicted molar refractivity (Wildman–Crippen MR) is 81.9 cm³/mol. The van der Waals surface area contributed by atoms with Crippen LogP contribution in [0.5, 0.6) is 0 Å². The van der Waals surface area contributed by atoms with Crippen LogP contribution in [-0.2, 0) is 4.79 Å². The first-order valence-corrected chi connectivity index (χ1v) is 8.36. The van der Waals surface area contributed by atoms with Crippen molar-refractivity contribution in [1.29, 1.82) is 0 Å². The molecule has 0 aromatic carbocycles. The average molecular weight is 303 g/mol. The summed E-state index contributed by atoms with van der Waals surface area (Å²) in [6, 6.07) is 3.03. The highest BCUT2D eigenvalue weighted by Gasteiger charge is 2.41. The van der Waals surface area contributed by atoms with Crippen LogP contribution in [0.2, 0.25) is 0 Å². The molecule has 3 heterocycles. The first-order valence-electron chi connectivity index (χ1n) is 8.36. The Morgan fingerprint density at radius 3 is 2.68 bits per heavy atom. The van der Waals surface area contributed by atoms with E-state index in [0.29, 0.717) is 18.9 Å². The van der Waals surface area contributed by atoms with E-state index in [-0.39, 0.29) is 17.6 Å². The molecule has 0 bridgehead atoms. The van der Waals surface area contributed by atoms with E-state index in [1.807, 2.05) is 4.90 Å². The van der Waals surface area contributed by atoms with Gasteiger partial charge in [0, 0.05) is 32.4 Å². The Morgan fingerprint density at radius 1 is 1.18 bits per heavy atom. The van der Waals surface area contributed by atoms with Gasteiger partial charge in [-0.3, -0.25) is 4.79 Å². The Kier molecular flexibility index (Phi) is 3.51. The van der Waals surface area contributed by atoms with E-state index in [1.54, 1.807) is 12.3 Å². The highest BCUT2D eigenvalue weighted by Crippen LogP contribution is 2.38. The van der Waals surface area contributed by atoms with Gasteiger partial charge in [0.2, 0.25) is 5.91 Å². The number of anilines is 1. The number of pyridine rings is 1. The molecule has 1 aromatic heterocycles. The third-order valence-electron chi connectivity index (χ3n) is 5.61. The summed E-state index contributed by atoms with van der Waals surface area (Å²) >= 11 is 0. The summed E-state index contributed by atoms with van der Waals surface area (Å²) in [5.74, 6) is 1.82. The number of aromatic nitrogens is 1. The summed E-state index contributed by atoms with van der Waals surface area (Å²) in [4.78, 5) is 20.8. The summed E-state index contributed by atoms with van der Waals surface area (Å²) in [5, 5.41) is 0. The zero-order valence-electron chi connectivity index (χ0n) is 12.7. The van der Waals surface area contributed by atoms with Gasteiger partial charge >= 0.3 is 0 Å². The molecule has 1 amide bonds. The molecular weight excluding hydrogens is 281 g/mol. The van der Waals surface area contributed by atoms with Gasteiger partial charge in [-0.2, -0.15) is 0 Å². The summed E-state index contributed by atoms with van der Waals surface area (Å²) in [6.45, 7) is 3.19.